The number of amides is 1. The molecule has 0 unspecified atom stereocenters. The second-order valence-corrected chi connectivity index (χ2v) is 7.79. The Bertz CT molecular complexity index is 911. The first-order chi connectivity index (χ1) is 13.5. The summed E-state index contributed by atoms with van der Waals surface area (Å²) in [4.78, 5) is 21.4. The predicted octanol–water partition coefficient (Wildman–Crippen LogP) is 4.08. The highest BCUT2D eigenvalue weighted by molar-refractivity contribution is 7.13. The van der Waals surface area contributed by atoms with Gasteiger partial charge < -0.3 is 9.80 Å². The smallest absolute Gasteiger partial charge is 0.228 e. The van der Waals surface area contributed by atoms with Gasteiger partial charge >= 0.3 is 0 Å². The topological polar surface area (TPSA) is 36.4 Å². The Morgan fingerprint density at radius 3 is 2.57 bits per heavy atom. The minimum atomic E-state index is -0.289. The number of hydrogen-bond acceptors (Lipinski definition) is 4. The Labute approximate surface area is 169 Å². The molecule has 0 saturated carbocycles. The summed E-state index contributed by atoms with van der Waals surface area (Å²) in [5.74, 6) is -0.246. The molecule has 0 spiro atoms. The highest BCUT2D eigenvalue weighted by Gasteiger charge is 2.17. The van der Waals surface area contributed by atoms with Gasteiger partial charge in [0.1, 0.15) is 10.8 Å². The van der Waals surface area contributed by atoms with E-state index < -0.39 is 0 Å². The molecule has 0 saturated heterocycles. The number of aromatic nitrogens is 1. The van der Waals surface area contributed by atoms with Gasteiger partial charge in [-0.1, -0.05) is 42.5 Å². The maximum Gasteiger partial charge on any atom is 0.228 e. The molecule has 1 aromatic heterocycles. The summed E-state index contributed by atoms with van der Waals surface area (Å²) in [5.41, 5.74) is 2.56. The summed E-state index contributed by atoms with van der Waals surface area (Å²) >= 11 is 1.43. The number of thiazole rings is 1. The Kier molecular flexibility index (Phi) is 6.90. The lowest BCUT2D eigenvalue weighted by molar-refractivity contribution is -0.131. The van der Waals surface area contributed by atoms with Crippen molar-refractivity contribution in [3.8, 4) is 10.6 Å². The van der Waals surface area contributed by atoms with E-state index in [0.717, 1.165) is 28.4 Å². The minimum absolute atomic E-state index is 0.0433. The summed E-state index contributed by atoms with van der Waals surface area (Å²) in [5, 5.41) is 2.61. The second kappa shape index (κ2) is 9.57. The fourth-order valence-corrected chi connectivity index (χ4v) is 3.64. The number of hydrogen-bond donors (Lipinski definition) is 0. The third-order valence-corrected chi connectivity index (χ3v) is 5.28. The van der Waals surface area contributed by atoms with E-state index in [1.54, 1.807) is 6.07 Å². The van der Waals surface area contributed by atoms with Crippen LogP contribution in [0, 0.1) is 5.82 Å². The highest BCUT2D eigenvalue weighted by Crippen LogP contribution is 2.24. The van der Waals surface area contributed by atoms with Crippen molar-refractivity contribution in [1.29, 1.82) is 0 Å². The Morgan fingerprint density at radius 2 is 1.86 bits per heavy atom. The van der Waals surface area contributed by atoms with E-state index in [4.69, 9.17) is 0 Å². The van der Waals surface area contributed by atoms with Crippen LogP contribution in [0.1, 0.15) is 11.3 Å². The summed E-state index contributed by atoms with van der Waals surface area (Å²) in [6.45, 7) is 2.03. The number of nitrogens with zero attached hydrogens (tertiary/aromatic N) is 3. The molecule has 0 fully saturated rings. The summed E-state index contributed by atoms with van der Waals surface area (Å²) < 4.78 is 13.4. The lowest BCUT2D eigenvalue weighted by atomic mass is 10.2. The SMILES string of the molecule is CN(C)CCN(Cc1ccccc1)C(=O)Cc1csc(-c2cccc(F)c2)n1. The highest BCUT2D eigenvalue weighted by atomic mass is 32.1. The molecular formula is C22H24FN3OS. The van der Waals surface area contributed by atoms with Crippen LogP contribution in [-0.4, -0.2) is 47.9 Å². The summed E-state index contributed by atoms with van der Waals surface area (Å²) in [6, 6.07) is 16.4. The number of halogens is 1. The van der Waals surface area contributed by atoms with Crippen LogP contribution in [0.25, 0.3) is 10.6 Å². The predicted molar refractivity (Wildman–Crippen MR) is 112 cm³/mol. The zero-order chi connectivity index (χ0) is 19.9. The van der Waals surface area contributed by atoms with Crippen LogP contribution in [-0.2, 0) is 17.8 Å². The Morgan fingerprint density at radius 1 is 1.07 bits per heavy atom. The fraction of sp³-hybridized carbons (Fsp3) is 0.273. The van der Waals surface area contributed by atoms with Gasteiger partial charge in [-0.3, -0.25) is 4.79 Å². The number of benzene rings is 2. The van der Waals surface area contributed by atoms with E-state index in [-0.39, 0.29) is 18.1 Å². The lowest BCUT2D eigenvalue weighted by Crippen LogP contribution is -2.37. The Balaban J connectivity index is 1.70. The minimum Gasteiger partial charge on any atom is -0.337 e. The van der Waals surface area contributed by atoms with Gasteiger partial charge in [-0.15, -0.1) is 11.3 Å². The molecule has 6 heteroatoms. The molecule has 0 aliphatic rings. The molecular weight excluding hydrogens is 373 g/mol. The normalized spacial score (nSPS) is 11.0. The van der Waals surface area contributed by atoms with E-state index in [9.17, 15) is 9.18 Å². The zero-order valence-electron chi connectivity index (χ0n) is 16.1. The molecule has 0 aliphatic heterocycles. The largest absolute Gasteiger partial charge is 0.337 e. The van der Waals surface area contributed by atoms with Crippen molar-refractivity contribution in [2.45, 2.75) is 13.0 Å². The van der Waals surface area contributed by atoms with Crippen molar-refractivity contribution in [2.75, 3.05) is 27.2 Å². The van der Waals surface area contributed by atoms with Crippen molar-refractivity contribution in [1.82, 2.24) is 14.8 Å². The van der Waals surface area contributed by atoms with Crippen molar-refractivity contribution in [3.05, 3.63) is 77.1 Å². The van der Waals surface area contributed by atoms with Crippen molar-refractivity contribution in [3.63, 3.8) is 0 Å². The zero-order valence-corrected chi connectivity index (χ0v) is 17.0. The molecule has 0 radical (unpaired) electrons. The fourth-order valence-electron chi connectivity index (χ4n) is 2.83. The monoisotopic (exact) mass is 397 g/mol. The molecule has 0 aliphatic carbocycles. The van der Waals surface area contributed by atoms with Gasteiger partial charge in [-0.2, -0.15) is 0 Å². The average Bonchev–Trinajstić information content (AvgIpc) is 3.14. The van der Waals surface area contributed by atoms with Gasteiger partial charge in [0.2, 0.25) is 5.91 Å². The average molecular weight is 398 g/mol. The molecule has 28 heavy (non-hydrogen) atoms. The number of carbonyl (C=O) groups is 1. The molecule has 4 nitrogen and oxygen atoms in total. The third-order valence-electron chi connectivity index (χ3n) is 4.34. The lowest BCUT2D eigenvalue weighted by Gasteiger charge is -2.24. The Hall–Kier alpha value is -2.57. The maximum absolute atomic E-state index is 13.4. The van der Waals surface area contributed by atoms with Crippen LogP contribution in [0.15, 0.2) is 60.0 Å². The molecule has 0 bridgehead atoms. The van der Waals surface area contributed by atoms with Crippen LogP contribution in [0.4, 0.5) is 4.39 Å². The number of rotatable bonds is 8. The van der Waals surface area contributed by atoms with E-state index in [0.29, 0.717) is 13.1 Å². The third kappa shape index (κ3) is 5.71. The van der Waals surface area contributed by atoms with Gasteiger partial charge in [-0.25, -0.2) is 9.37 Å². The quantitative estimate of drug-likeness (QED) is 0.575. The van der Waals surface area contributed by atoms with Gasteiger partial charge in [0.05, 0.1) is 12.1 Å². The van der Waals surface area contributed by atoms with Crippen LogP contribution >= 0.6 is 11.3 Å². The molecule has 3 rings (SSSR count). The van der Waals surface area contributed by atoms with Crippen molar-refractivity contribution < 1.29 is 9.18 Å². The molecule has 146 valence electrons. The first-order valence-corrected chi connectivity index (χ1v) is 10.1. The van der Waals surface area contributed by atoms with Crippen LogP contribution in [0.3, 0.4) is 0 Å². The van der Waals surface area contributed by atoms with Gasteiger partial charge in [-0.05, 0) is 31.8 Å². The molecule has 2 aromatic carbocycles. The molecule has 0 atom stereocenters. The van der Waals surface area contributed by atoms with Gasteiger partial charge in [0.15, 0.2) is 0 Å². The molecule has 0 N–H and O–H groups in total. The van der Waals surface area contributed by atoms with Crippen molar-refractivity contribution >= 4 is 17.2 Å². The second-order valence-electron chi connectivity index (χ2n) is 6.94. The molecule has 1 heterocycles. The van der Waals surface area contributed by atoms with Gasteiger partial charge in [0.25, 0.3) is 0 Å². The van der Waals surface area contributed by atoms with E-state index in [1.165, 1.54) is 23.5 Å². The van der Waals surface area contributed by atoms with Crippen LogP contribution in [0.2, 0.25) is 0 Å². The molecule has 3 aromatic rings. The first kappa shape index (κ1) is 20.2. The maximum atomic E-state index is 13.4. The van der Waals surface area contributed by atoms with Gasteiger partial charge in [0, 0.05) is 30.6 Å². The van der Waals surface area contributed by atoms with E-state index >= 15 is 0 Å². The number of carbonyl (C=O) groups excluding carboxylic acids is 1. The van der Waals surface area contributed by atoms with E-state index in [2.05, 4.69) is 9.88 Å². The van der Waals surface area contributed by atoms with Crippen LogP contribution in [0.5, 0.6) is 0 Å². The van der Waals surface area contributed by atoms with Crippen LogP contribution < -0.4 is 0 Å². The summed E-state index contributed by atoms with van der Waals surface area (Å²) in [7, 11) is 3.99. The van der Waals surface area contributed by atoms with E-state index in [1.807, 2.05) is 60.8 Å². The molecule has 1 amide bonds. The first-order valence-electron chi connectivity index (χ1n) is 9.18. The summed E-state index contributed by atoms with van der Waals surface area (Å²) in [6.07, 6.45) is 0.242. The standard InChI is InChI=1S/C22H24FN3OS/c1-25(2)11-12-26(15-17-7-4-3-5-8-17)21(27)14-20-16-28-22(24-20)18-9-6-10-19(23)13-18/h3-10,13,16H,11-12,14-15H2,1-2H3. The number of likely N-dealkylation sites (N-methyl/N-ethyl adjacent to an activating group) is 1. The van der Waals surface area contributed by atoms with Crippen molar-refractivity contribution in [2.24, 2.45) is 0 Å².